The Kier molecular flexibility index (Phi) is 12.3. The van der Waals surface area contributed by atoms with Crippen LogP contribution in [0.2, 0.25) is 0 Å². The number of nitrogen functional groups attached to an aromatic ring is 1. The van der Waals surface area contributed by atoms with Gasteiger partial charge < -0.3 is 24.5 Å². The predicted octanol–water partition coefficient (Wildman–Crippen LogP) is 6.51. The molecule has 3 heterocycles. The molecule has 1 aliphatic heterocycles. The van der Waals surface area contributed by atoms with Crippen LogP contribution < -0.4 is 20.6 Å². The van der Waals surface area contributed by atoms with Crippen molar-refractivity contribution in [2.45, 2.75) is 32.7 Å². The second-order valence-electron chi connectivity index (χ2n) is 12.8. The molecule has 0 spiro atoms. The van der Waals surface area contributed by atoms with E-state index in [0.29, 0.717) is 35.1 Å². The zero-order valence-corrected chi connectivity index (χ0v) is 30.5. The number of rotatable bonds is 10. The molecule has 0 bridgehead atoms. The highest BCUT2D eigenvalue weighted by atomic mass is 32.2. The molecule has 272 valence electrons. The Hall–Kier alpha value is -5.30. The maximum atomic E-state index is 13.7. The standard InChI is InChI=1S/C39H39N3O5.CH4O3S/c1-25-4-8-29(9-5-25)35-23-42(22-27-12-14-47-15-13-27)24-36(38(35)44)37(43)16-26-6-10-28(11-7-26)34-19-31(21-41-39(34)40)30-17-32(45-2)20-33(18-30)46-3;1-5(2,3)4/h4-11,17-21,23-24,27H,12-16,22H2,1-3H3,(H2,40,41);1H3,(H,2,3,4). The second-order valence-corrected chi connectivity index (χ2v) is 14.3. The first-order chi connectivity index (χ1) is 24.8. The number of ketones is 1. The fourth-order valence-electron chi connectivity index (χ4n) is 6.02. The van der Waals surface area contributed by atoms with E-state index in [2.05, 4.69) is 4.98 Å². The summed E-state index contributed by atoms with van der Waals surface area (Å²) >= 11 is 0. The number of anilines is 1. The van der Waals surface area contributed by atoms with Gasteiger partial charge in [-0.15, -0.1) is 0 Å². The van der Waals surface area contributed by atoms with Gasteiger partial charge in [0.1, 0.15) is 17.3 Å². The number of carbonyl (C=O) groups is 1. The number of Topliss-reactive ketones (excluding diaryl/α,β-unsaturated/α-hetero) is 1. The van der Waals surface area contributed by atoms with E-state index in [1.807, 2.05) is 90.5 Å². The maximum absolute atomic E-state index is 13.7. The topological polar surface area (TPSA) is 160 Å². The van der Waals surface area contributed by atoms with E-state index in [1.165, 1.54) is 0 Å². The van der Waals surface area contributed by atoms with Gasteiger partial charge in [-0.2, -0.15) is 8.42 Å². The fraction of sp³-hybridized carbons (Fsp3) is 0.275. The molecule has 6 rings (SSSR count). The van der Waals surface area contributed by atoms with E-state index in [0.717, 1.165) is 71.5 Å². The summed E-state index contributed by atoms with van der Waals surface area (Å²) in [5.41, 5.74) is 12.9. The Morgan fingerprint density at radius 1 is 0.885 bits per heavy atom. The summed E-state index contributed by atoms with van der Waals surface area (Å²) in [6.45, 7) is 4.21. The molecule has 11 nitrogen and oxygen atoms in total. The molecule has 0 saturated carbocycles. The normalized spacial score (nSPS) is 13.2. The molecule has 0 amide bonds. The first kappa shape index (κ1) is 37.9. The number of nitrogens with two attached hydrogens (primary N) is 1. The molecule has 52 heavy (non-hydrogen) atoms. The minimum Gasteiger partial charge on any atom is -0.497 e. The number of pyridine rings is 2. The van der Waals surface area contributed by atoms with Gasteiger partial charge in [0.25, 0.3) is 10.1 Å². The predicted molar refractivity (Wildman–Crippen MR) is 203 cm³/mol. The van der Waals surface area contributed by atoms with E-state index in [1.54, 1.807) is 26.6 Å². The average molecular weight is 726 g/mol. The smallest absolute Gasteiger partial charge is 0.261 e. The third-order valence-electron chi connectivity index (χ3n) is 8.78. The summed E-state index contributed by atoms with van der Waals surface area (Å²) in [5.74, 6) is 1.95. The molecule has 0 radical (unpaired) electrons. The summed E-state index contributed by atoms with van der Waals surface area (Å²) in [6.07, 6.45) is 8.07. The summed E-state index contributed by atoms with van der Waals surface area (Å²) in [7, 11) is -0.442. The molecular formula is C40H43N3O8S. The van der Waals surface area contributed by atoms with Crippen molar-refractivity contribution in [2.24, 2.45) is 5.92 Å². The van der Waals surface area contributed by atoms with Crippen molar-refractivity contribution in [3.63, 3.8) is 0 Å². The van der Waals surface area contributed by atoms with Crippen LogP contribution in [0.15, 0.2) is 96.2 Å². The van der Waals surface area contributed by atoms with Gasteiger partial charge in [0, 0.05) is 67.5 Å². The van der Waals surface area contributed by atoms with E-state index >= 15 is 0 Å². The van der Waals surface area contributed by atoms with Crippen LogP contribution in [0, 0.1) is 12.8 Å². The second kappa shape index (κ2) is 16.8. The number of methoxy groups -OCH3 is 2. The number of hydrogen-bond acceptors (Lipinski definition) is 9. The number of carbonyl (C=O) groups excluding carboxylic acids is 1. The highest BCUT2D eigenvalue weighted by Crippen LogP contribution is 2.34. The van der Waals surface area contributed by atoms with Crippen LogP contribution in [0.4, 0.5) is 5.82 Å². The van der Waals surface area contributed by atoms with Gasteiger partial charge in [0.15, 0.2) is 11.2 Å². The molecule has 3 N–H and O–H groups in total. The number of ether oxygens (including phenoxy) is 3. The molecule has 1 aliphatic rings. The van der Waals surface area contributed by atoms with Crippen molar-refractivity contribution >= 4 is 21.7 Å². The van der Waals surface area contributed by atoms with E-state index in [-0.39, 0.29) is 23.2 Å². The highest BCUT2D eigenvalue weighted by Gasteiger charge is 2.20. The lowest BCUT2D eigenvalue weighted by atomic mass is 9.96. The van der Waals surface area contributed by atoms with Crippen molar-refractivity contribution in [3.05, 3.63) is 118 Å². The number of benzene rings is 3. The van der Waals surface area contributed by atoms with E-state index < -0.39 is 10.1 Å². The van der Waals surface area contributed by atoms with Crippen LogP contribution in [0.5, 0.6) is 11.5 Å². The third kappa shape index (κ3) is 10.2. The highest BCUT2D eigenvalue weighted by molar-refractivity contribution is 7.85. The molecular weight excluding hydrogens is 683 g/mol. The minimum absolute atomic E-state index is 0.0987. The number of aryl methyl sites for hydroxylation is 1. The van der Waals surface area contributed by atoms with E-state index in [4.69, 9.17) is 24.5 Å². The summed E-state index contributed by atoms with van der Waals surface area (Å²) in [6, 6.07) is 23.1. The third-order valence-corrected chi connectivity index (χ3v) is 8.78. The van der Waals surface area contributed by atoms with Crippen LogP contribution >= 0.6 is 0 Å². The molecule has 0 atom stereocenters. The SMILES string of the molecule is COc1cc(OC)cc(-c2cnc(N)c(-c3ccc(CC(=O)c4cn(CC5CCOCC5)cc(-c5ccc(C)cc5)c4=O)cc3)c2)c1.CS(=O)(=O)O. The van der Waals surface area contributed by atoms with Gasteiger partial charge in [0.2, 0.25) is 0 Å². The molecule has 2 aromatic heterocycles. The molecule has 0 unspecified atom stereocenters. The van der Waals surface area contributed by atoms with Gasteiger partial charge in [-0.1, -0.05) is 54.1 Å². The van der Waals surface area contributed by atoms with Crippen LogP contribution in [-0.4, -0.2) is 62.0 Å². The van der Waals surface area contributed by atoms with Crippen molar-refractivity contribution in [2.75, 3.05) is 39.4 Å². The monoisotopic (exact) mass is 725 g/mol. The Morgan fingerprint density at radius 3 is 2.06 bits per heavy atom. The number of hydrogen-bond donors (Lipinski definition) is 2. The zero-order valence-electron chi connectivity index (χ0n) is 29.7. The molecule has 3 aromatic carbocycles. The molecule has 0 aliphatic carbocycles. The van der Waals surface area contributed by atoms with Crippen molar-refractivity contribution in [1.29, 1.82) is 0 Å². The summed E-state index contributed by atoms with van der Waals surface area (Å²) in [5, 5.41) is 0. The first-order valence-corrected chi connectivity index (χ1v) is 18.6. The van der Waals surface area contributed by atoms with Gasteiger partial charge in [-0.3, -0.25) is 14.1 Å². The van der Waals surface area contributed by atoms with Crippen LogP contribution in [0.1, 0.15) is 34.3 Å². The largest absolute Gasteiger partial charge is 0.497 e. The van der Waals surface area contributed by atoms with Gasteiger partial charge >= 0.3 is 0 Å². The fourth-order valence-corrected chi connectivity index (χ4v) is 6.02. The summed E-state index contributed by atoms with van der Waals surface area (Å²) in [4.78, 5) is 31.9. The molecule has 5 aromatic rings. The van der Waals surface area contributed by atoms with Gasteiger partial charge in [-0.25, -0.2) is 4.98 Å². The average Bonchev–Trinajstić information content (AvgIpc) is 3.12. The molecule has 12 heteroatoms. The molecule has 1 saturated heterocycles. The Bertz CT molecular complexity index is 2160. The van der Waals surface area contributed by atoms with Crippen molar-refractivity contribution in [1.82, 2.24) is 9.55 Å². The van der Waals surface area contributed by atoms with Crippen molar-refractivity contribution < 1.29 is 32.0 Å². The molecule has 1 fully saturated rings. The lowest BCUT2D eigenvalue weighted by molar-refractivity contribution is 0.0612. The lowest BCUT2D eigenvalue weighted by Gasteiger charge is -2.23. The number of aromatic nitrogens is 2. The first-order valence-electron chi connectivity index (χ1n) is 16.7. The van der Waals surface area contributed by atoms with Gasteiger partial charge in [-0.05, 0) is 66.1 Å². The lowest BCUT2D eigenvalue weighted by Crippen LogP contribution is -2.25. The van der Waals surface area contributed by atoms with Crippen LogP contribution in [0.3, 0.4) is 0 Å². The Balaban J connectivity index is 0.000000979. The van der Waals surface area contributed by atoms with Crippen LogP contribution in [0.25, 0.3) is 33.4 Å². The Morgan fingerprint density at radius 2 is 1.46 bits per heavy atom. The van der Waals surface area contributed by atoms with Crippen LogP contribution in [-0.2, 0) is 27.8 Å². The van der Waals surface area contributed by atoms with E-state index in [9.17, 15) is 18.0 Å². The maximum Gasteiger partial charge on any atom is 0.261 e. The minimum atomic E-state index is -3.67. The van der Waals surface area contributed by atoms with Gasteiger partial charge in [0.05, 0.1) is 26.0 Å². The summed E-state index contributed by atoms with van der Waals surface area (Å²) < 4.78 is 44.3. The quantitative estimate of drug-likeness (QED) is 0.120. The van der Waals surface area contributed by atoms with Crippen molar-refractivity contribution in [3.8, 4) is 44.9 Å². The zero-order chi connectivity index (χ0) is 37.4. The Labute approximate surface area is 303 Å². The number of nitrogens with zero attached hydrogens (tertiary/aromatic N) is 2.